The minimum Gasteiger partial charge on any atom is -0.372 e. The van der Waals surface area contributed by atoms with Crippen molar-refractivity contribution in [3.05, 3.63) is 23.8 Å². The third-order valence-corrected chi connectivity index (χ3v) is 4.86. The molecule has 2 N–H and O–H groups in total. The maximum absolute atomic E-state index is 12.6. The zero-order chi connectivity index (χ0) is 16.6. The van der Waals surface area contributed by atoms with E-state index in [9.17, 15) is 9.59 Å². The number of anilines is 2. The molecule has 23 heavy (non-hydrogen) atoms. The van der Waals surface area contributed by atoms with Crippen LogP contribution in [0.5, 0.6) is 0 Å². The molecule has 1 aromatic rings. The second-order valence-electron chi connectivity index (χ2n) is 7.09. The molecule has 2 amide bonds. The molecular formula is C18H25N3O2. The summed E-state index contributed by atoms with van der Waals surface area (Å²) in [7, 11) is 0. The summed E-state index contributed by atoms with van der Waals surface area (Å²) >= 11 is 0. The summed E-state index contributed by atoms with van der Waals surface area (Å²) in [6.45, 7) is 7.89. The van der Waals surface area contributed by atoms with Crippen molar-refractivity contribution < 1.29 is 9.59 Å². The lowest BCUT2D eigenvalue weighted by Crippen LogP contribution is -2.42. The highest BCUT2D eigenvalue weighted by molar-refractivity contribution is 6.05. The van der Waals surface area contributed by atoms with Crippen molar-refractivity contribution in [2.24, 2.45) is 11.8 Å². The van der Waals surface area contributed by atoms with Gasteiger partial charge in [0.25, 0.3) is 5.91 Å². The number of carbonyl (C=O) groups is 2. The number of benzene rings is 1. The van der Waals surface area contributed by atoms with Gasteiger partial charge in [-0.25, -0.2) is 0 Å². The Morgan fingerprint density at radius 2 is 1.91 bits per heavy atom. The lowest BCUT2D eigenvalue weighted by Gasteiger charge is -2.32. The summed E-state index contributed by atoms with van der Waals surface area (Å²) in [5, 5.41) is 6.19. The molecule has 124 valence electrons. The van der Waals surface area contributed by atoms with Gasteiger partial charge in [-0.2, -0.15) is 0 Å². The van der Waals surface area contributed by atoms with Gasteiger partial charge < -0.3 is 15.5 Å². The third kappa shape index (κ3) is 3.19. The van der Waals surface area contributed by atoms with Crippen LogP contribution < -0.4 is 10.6 Å². The molecule has 0 radical (unpaired) electrons. The van der Waals surface area contributed by atoms with Gasteiger partial charge in [-0.05, 0) is 42.9 Å². The molecule has 5 heteroatoms. The van der Waals surface area contributed by atoms with Gasteiger partial charge in [0.1, 0.15) is 6.04 Å². The van der Waals surface area contributed by atoms with Crippen molar-refractivity contribution in [1.29, 1.82) is 0 Å². The molecule has 0 spiro atoms. The van der Waals surface area contributed by atoms with E-state index >= 15 is 0 Å². The molecule has 3 rings (SSSR count). The summed E-state index contributed by atoms with van der Waals surface area (Å²) in [4.78, 5) is 26.7. The predicted octanol–water partition coefficient (Wildman–Crippen LogP) is 2.95. The number of rotatable bonds is 2. The first-order chi connectivity index (χ1) is 11.0. The minimum atomic E-state index is -0.229. The summed E-state index contributed by atoms with van der Waals surface area (Å²) in [6, 6.07) is 5.30. The first-order valence-electron chi connectivity index (χ1n) is 8.46. The van der Waals surface area contributed by atoms with Crippen molar-refractivity contribution in [2.45, 2.75) is 39.7 Å². The zero-order valence-corrected chi connectivity index (χ0v) is 14.1. The average molecular weight is 315 g/mol. The summed E-state index contributed by atoms with van der Waals surface area (Å²) in [5.41, 5.74) is 2.22. The normalized spacial score (nSPS) is 21.7. The van der Waals surface area contributed by atoms with E-state index in [4.69, 9.17) is 0 Å². The highest BCUT2D eigenvalue weighted by Crippen LogP contribution is 2.30. The van der Waals surface area contributed by atoms with Crippen LogP contribution in [0.25, 0.3) is 0 Å². The van der Waals surface area contributed by atoms with Crippen molar-refractivity contribution >= 4 is 23.2 Å². The van der Waals surface area contributed by atoms with E-state index in [0.29, 0.717) is 17.2 Å². The lowest BCUT2D eigenvalue weighted by atomic mass is 9.97. The summed E-state index contributed by atoms with van der Waals surface area (Å²) in [5.74, 6) is 0.919. The monoisotopic (exact) mass is 315 g/mol. The molecule has 2 heterocycles. The Labute approximate surface area is 137 Å². The van der Waals surface area contributed by atoms with Crippen LogP contribution in [0.3, 0.4) is 0 Å². The van der Waals surface area contributed by atoms with Crippen LogP contribution >= 0.6 is 0 Å². The third-order valence-electron chi connectivity index (χ3n) is 4.86. The quantitative estimate of drug-likeness (QED) is 0.882. The van der Waals surface area contributed by atoms with Crippen molar-refractivity contribution in [3.63, 3.8) is 0 Å². The Kier molecular flexibility index (Phi) is 4.28. The Hall–Kier alpha value is -2.04. The van der Waals surface area contributed by atoms with Crippen LogP contribution in [-0.2, 0) is 4.79 Å². The van der Waals surface area contributed by atoms with Crippen LogP contribution in [0.4, 0.5) is 11.4 Å². The molecule has 5 nitrogen and oxygen atoms in total. The van der Waals surface area contributed by atoms with Crippen LogP contribution in [0.2, 0.25) is 0 Å². The SMILES string of the molecule is CC1CCN(C(=O)c2ccc3c(c2)NC(=O)[C@H](C(C)C)N3)CC1. The molecule has 1 atom stereocenters. The molecule has 0 aromatic heterocycles. The van der Waals surface area contributed by atoms with E-state index in [2.05, 4.69) is 17.6 Å². The van der Waals surface area contributed by atoms with Crippen LogP contribution in [-0.4, -0.2) is 35.8 Å². The molecule has 2 aliphatic rings. The van der Waals surface area contributed by atoms with Gasteiger partial charge in [-0.15, -0.1) is 0 Å². The summed E-state index contributed by atoms with van der Waals surface area (Å²) < 4.78 is 0. The number of amides is 2. The van der Waals surface area contributed by atoms with Crippen LogP contribution in [0.1, 0.15) is 44.0 Å². The van der Waals surface area contributed by atoms with E-state index in [1.54, 1.807) is 6.07 Å². The van der Waals surface area contributed by atoms with Gasteiger partial charge >= 0.3 is 0 Å². The number of nitrogens with zero attached hydrogens (tertiary/aromatic N) is 1. The average Bonchev–Trinajstić information content (AvgIpc) is 2.53. The molecular weight excluding hydrogens is 290 g/mol. The fourth-order valence-corrected chi connectivity index (χ4v) is 3.21. The zero-order valence-electron chi connectivity index (χ0n) is 14.1. The van der Waals surface area contributed by atoms with E-state index in [0.717, 1.165) is 31.6 Å². The standard InChI is InChI=1S/C18H25N3O2/c1-11(2)16-17(22)20-15-10-13(4-5-14(15)19-16)18(23)21-8-6-12(3)7-9-21/h4-5,10-12,16,19H,6-9H2,1-3H3,(H,20,22)/t16-/m0/s1. The fraction of sp³-hybridized carbons (Fsp3) is 0.556. The number of nitrogens with one attached hydrogen (secondary N) is 2. The van der Waals surface area contributed by atoms with Crippen molar-refractivity contribution in [1.82, 2.24) is 4.90 Å². The van der Waals surface area contributed by atoms with Crippen LogP contribution in [0.15, 0.2) is 18.2 Å². The van der Waals surface area contributed by atoms with E-state index in [1.807, 2.05) is 30.9 Å². The fourth-order valence-electron chi connectivity index (χ4n) is 3.21. The molecule has 0 aliphatic carbocycles. The number of likely N-dealkylation sites (tertiary alicyclic amines) is 1. The number of hydrogen-bond acceptors (Lipinski definition) is 3. The van der Waals surface area contributed by atoms with E-state index in [1.165, 1.54) is 0 Å². The second-order valence-corrected chi connectivity index (χ2v) is 7.09. The lowest BCUT2D eigenvalue weighted by molar-refractivity contribution is -0.117. The Balaban J connectivity index is 1.78. The minimum absolute atomic E-state index is 0.0381. The Morgan fingerprint density at radius 3 is 2.57 bits per heavy atom. The number of hydrogen-bond donors (Lipinski definition) is 2. The molecule has 1 fully saturated rings. The molecule has 0 bridgehead atoms. The summed E-state index contributed by atoms with van der Waals surface area (Å²) in [6.07, 6.45) is 2.12. The first kappa shape index (κ1) is 15.8. The van der Waals surface area contributed by atoms with Gasteiger partial charge in [-0.1, -0.05) is 20.8 Å². The van der Waals surface area contributed by atoms with Crippen molar-refractivity contribution in [2.75, 3.05) is 23.7 Å². The van der Waals surface area contributed by atoms with Crippen molar-refractivity contribution in [3.8, 4) is 0 Å². The Morgan fingerprint density at radius 1 is 1.22 bits per heavy atom. The molecule has 0 unspecified atom stereocenters. The van der Waals surface area contributed by atoms with Gasteiger partial charge in [-0.3, -0.25) is 9.59 Å². The highest BCUT2D eigenvalue weighted by Gasteiger charge is 2.29. The van der Waals surface area contributed by atoms with Gasteiger partial charge in [0.15, 0.2) is 0 Å². The maximum atomic E-state index is 12.6. The molecule has 1 saturated heterocycles. The second kappa shape index (κ2) is 6.22. The number of fused-ring (bicyclic) bond motifs is 1. The molecule has 0 saturated carbocycles. The van der Waals surface area contributed by atoms with Gasteiger partial charge in [0.2, 0.25) is 5.91 Å². The largest absolute Gasteiger partial charge is 0.372 e. The topological polar surface area (TPSA) is 61.4 Å². The Bertz CT molecular complexity index is 619. The predicted molar refractivity (Wildman–Crippen MR) is 91.6 cm³/mol. The number of carbonyl (C=O) groups excluding carboxylic acids is 2. The van der Waals surface area contributed by atoms with Gasteiger partial charge in [0.05, 0.1) is 11.4 Å². The maximum Gasteiger partial charge on any atom is 0.253 e. The van der Waals surface area contributed by atoms with E-state index < -0.39 is 0 Å². The van der Waals surface area contributed by atoms with Crippen LogP contribution in [0, 0.1) is 11.8 Å². The molecule has 2 aliphatic heterocycles. The number of piperidine rings is 1. The van der Waals surface area contributed by atoms with E-state index in [-0.39, 0.29) is 23.8 Å². The smallest absolute Gasteiger partial charge is 0.253 e. The van der Waals surface area contributed by atoms with Gasteiger partial charge in [0, 0.05) is 18.7 Å². The first-order valence-corrected chi connectivity index (χ1v) is 8.46. The highest BCUT2D eigenvalue weighted by atomic mass is 16.2. The molecule has 1 aromatic carbocycles.